The smallest absolute Gasteiger partial charge is 0.323 e. The first-order chi connectivity index (χ1) is 9.60. The van der Waals surface area contributed by atoms with E-state index in [9.17, 15) is 9.90 Å². The average Bonchev–Trinajstić information content (AvgIpc) is 2.89. The highest BCUT2D eigenvalue weighted by Gasteiger charge is 2.25. The molecular weight excluding hydrogens is 276 g/mol. The number of rotatable bonds is 4. The Morgan fingerprint density at radius 2 is 2.20 bits per heavy atom. The van der Waals surface area contributed by atoms with Gasteiger partial charge in [0.1, 0.15) is 5.01 Å². The summed E-state index contributed by atoms with van der Waals surface area (Å²) >= 11 is 1.40. The number of urea groups is 1. The molecule has 1 heterocycles. The van der Waals surface area contributed by atoms with Crippen LogP contribution in [-0.4, -0.2) is 45.9 Å². The molecule has 0 spiro atoms. The Hall–Kier alpha value is -1.21. The standard InChI is InChI=1S/C13H22N4O2S/c1-3-11-15-16-12(20-11)14-13(19)17(2)8-9-6-4-5-7-10(9)18/h9-10,18H,3-8H2,1-2H3,(H,14,16,19)/t9-,10-/m0/s1. The van der Waals surface area contributed by atoms with Crippen molar-refractivity contribution in [3.05, 3.63) is 5.01 Å². The predicted octanol–water partition coefficient (Wildman–Crippen LogP) is 2.12. The van der Waals surface area contributed by atoms with Gasteiger partial charge in [-0.15, -0.1) is 10.2 Å². The zero-order chi connectivity index (χ0) is 14.5. The first-order valence-corrected chi connectivity index (χ1v) is 7.94. The maximum absolute atomic E-state index is 12.1. The highest BCUT2D eigenvalue weighted by Crippen LogP contribution is 2.25. The molecule has 1 fully saturated rings. The van der Waals surface area contributed by atoms with Gasteiger partial charge in [0.25, 0.3) is 0 Å². The molecule has 0 radical (unpaired) electrons. The maximum atomic E-state index is 12.1. The molecule has 1 aromatic heterocycles. The van der Waals surface area contributed by atoms with E-state index in [4.69, 9.17) is 0 Å². The number of aromatic nitrogens is 2. The SMILES string of the molecule is CCc1nnc(NC(=O)N(C)C[C@@H]2CCCC[C@@H]2O)s1. The Labute approximate surface area is 123 Å². The molecule has 1 aliphatic carbocycles. The molecule has 0 unspecified atom stereocenters. The normalized spacial score (nSPS) is 22.6. The number of carbonyl (C=O) groups excluding carboxylic acids is 1. The second-order valence-electron chi connectivity index (χ2n) is 5.28. The Kier molecular flexibility index (Phi) is 5.31. The number of anilines is 1. The van der Waals surface area contributed by atoms with Crippen molar-refractivity contribution in [2.24, 2.45) is 5.92 Å². The predicted molar refractivity (Wildman–Crippen MR) is 78.9 cm³/mol. The lowest BCUT2D eigenvalue weighted by atomic mass is 9.86. The van der Waals surface area contributed by atoms with Crippen molar-refractivity contribution in [3.63, 3.8) is 0 Å². The molecule has 112 valence electrons. The second-order valence-corrected chi connectivity index (χ2v) is 6.34. The van der Waals surface area contributed by atoms with E-state index in [1.54, 1.807) is 11.9 Å². The van der Waals surface area contributed by atoms with Crippen molar-refractivity contribution in [1.82, 2.24) is 15.1 Å². The van der Waals surface area contributed by atoms with Crippen LogP contribution in [0, 0.1) is 5.92 Å². The number of aryl methyl sites for hydroxylation is 1. The fourth-order valence-corrected chi connectivity index (χ4v) is 3.14. The highest BCUT2D eigenvalue weighted by atomic mass is 32.1. The molecule has 2 atom stereocenters. The van der Waals surface area contributed by atoms with E-state index >= 15 is 0 Å². The van der Waals surface area contributed by atoms with Crippen molar-refractivity contribution in [2.75, 3.05) is 18.9 Å². The van der Waals surface area contributed by atoms with Crippen LogP contribution in [0.2, 0.25) is 0 Å². The molecule has 0 aliphatic heterocycles. The molecule has 20 heavy (non-hydrogen) atoms. The Morgan fingerprint density at radius 3 is 2.85 bits per heavy atom. The lowest BCUT2D eigenvalue weighted by Crippen LogP contribution is -2.40. The van der Waals surface area contributed by atoms with Gasteiger partial charge < -0.3 is 10.0 Å². The summed E-state index contributed by atoms with van der Waals surface area (Å²) in [5.41, 5.74) is 0. The molecule has 0 aromatic carbocycles. The number of nitrogens with one attached hydrogen (secondary N) is 1. The minimum absolute atomic E-state index is 0.181. The quantitative estimate of drug-likeness (QED) is 0.892. The summed E-state index contributed by atoms with van der Waals surface area (Å²) in [4.78, 5) is 13.7. The zero-order valence-electron chi connectivity index (χ0n) is 12.0. The molecule has 1 aromatic rings. The molecule has 2 rings (SSSR count). The summed E-state index contributed by atoms with van der Waals surface area (Å²) in [6.07, 6.45) is 4.57. The maximum Gasteiger partial charge on any atom is 0.323 e. The van der Waals surface area contributed by atoms with E-state index in [0.29, 0.717) is 11.7 Å². The van der Waals surface area contributed by atoms with Crippen LogP contribution in [-0.2, 0) is 6.42 Å². The monoisotopic (exact) mass is 298 g/mol. The molecule has 6 nitrogen and oxygen atoms in total. The van der Waals surface area contributed by atoms with Crippen LogP contribution in [0.5, 0.6) is 0 Å². The van der Waals surface area contributed by atoms with Crippen LogP contribution >= 0.6 is 11.3 Å². The molecule has 1 aliphatic rings. The van der Waals surface area contributed by atoms with Crippen molar-refractivity contribution < 1.29 is 9.90 Å². The molecule has 7 heteroatoms. The van der Waals surface area contributed by atoms with Gasteiger partial charge in [-0.3, -0.25) is 5.32 Å². The van der Waals surface area contributed by atoms with Crippen LogP contribution in [0.25, 0.3) is 0 Å². The summed E-state index contributed by atoms with van der Waals surface area (Å²) < 4.78 is 0. The van der Waals surface area contributed by atoms with Gasteiger partial charge in [0.05, 0.1) is 6.10 Å². The highest BCUT2D eigenvalue weighted by molar-refractivity contribution is 7.15. The Morgan fingerprint density at radius 1 is 1.45 bits per heavy atom. The van der Waals surface area contributed by atoms with Gasteiger partial charge >= 0.3 is 6.03 Å². The minimum atomic E-state index is -0.285. The molecule has 2 N–H and O–H groups in total. The van der Waals surface area contributed by atoms with Crippen molar-refractivity contribution in [1.29, 1.82) is 0 Å². The first-order valence-electron chi connectivity index (χ1n) is 7.12. The third-order valence-electron chi connectivity index (χ3n) is 3.71. The van der Waals surface area contributed by atoms with Gasteiger partial charge in [-0.05, 0) is 19.3 Å². The molecule has 0 saturated heterocycles. The van der Waals surface area contributed by atoms with Gasteiger partial charge in [0, 0.05) is 19.5 Å². The molecule has 2 amide bonds. The van der Waals surface area contributed by atoms with Gasteiger partial charge in [-0.2, -0.15) is 0 Å². The molecular formula is C13H22N4O2S. The van der Waals surface area contributed by atoms with E-state index in [2.05, 4.69) is 15.5 Å². The fourth-order valence-electron chi connectivity index (χ4n) is 2.47. The number of hydrogen-bond donors (Lipinski definition) is 2. The molecule has 1 saturated carbocycles. The number of hydrogen-bond acceptors (Lipinski definition) is 5. The van der Waals surface area contributed by atoms with E-state index in [1.165, 1.54) is 11.3 Å². The van der Waals surface area contributed by atoms with E-state index in [1.807, 2.05) is 6.92 Å². The Balaban J connectivity index is 1.85. The summed E-state index contributed by atoms with van der Waals surface area (Å²) in [5.74, 6) is 0.181. The third-order valence-corrected chi connectivity index (χ3v) is 4.69. The Bertz CT molecular complexity index is 451. The number of amides is 2. The lowest BCUT2D eigenvalue weighted by Gasteiger charge is -2.31. The van der Waals surface area contributed by atoms with Gasteiger partial charge in [0.15, 0.2) is 0 Å². The van der Waals surface area contributed by atoms with Crippen molar-refractivity contribution >= 4 is 22.5 Å². The average molecular weight is 298 g/mol. The number of aliphatic hydroxyl groups is 1. The summed E-state index contributed by atoms with van der Waals surface area (Å²) in [7, 11) is 1.75. The van der Waals surface area contributed by atoms with Crippen LogP contribution < -0.4 is 5.32 Å². The fraction of sp³-hybridized carbons (Fsp3) is 0.769. The molecule has 0 bridgehead atoms. The first kappa shape index (κ1) is 15.2. The van der Waals surface area contributed by atoms with Crippen LogP contribution in [0.4, 0.5) is 9.93 Å². The van der Waals surface area contributed by atoms with E-state index < -0.39 is 0 Å². The summed E-state index contributed by atoms with van der Waals surface area (Å²) in [6, 6.07) is -0.193. The number of nitrogens with zero attached hydrogens (tertiary/aromatic N) is 3. The number of carbonyl (C=O) groups is 1. The van der Waals surface area contributed by atoms with E-state index in [-0.39, 0.29) is 18.1 Å². The third kappa shape index (κ3) is 3.89. The van der Waals surface area contributed by atoms with Crippen molar-refractivity contribution in [2.45, 2.75) is 45.1 Å². The second kappa shape index (κ2) is 6.99. The summed E-state index contributed by atoms with van der Waals surface area (Å²) in [6.45, 7) is 2.58. The van der Waals surface area contributed by atoms with Gasteiger partial charge in [-0.25, -0.2) is 4.79 Å². The van der Waals surface area contributed by atoms with E-state index in [0.717, 1.165) is 37.1 Å². The van der Waals surface area contributed by atoms with Crippen LogP contribution in [0.3, 0.4) is 0 Å². The van der Waals surface area contributed by atoms with Crippen LogP contribution in [0.1, 0.15) is 37.6 Å². The van der Waals surface area contributed by atoms with Crippen molar-refractivity contribution in [3.8, 4) is 0 Å². The van der Waals surface area contributed by atoms with Gasteiger partial charge in [-0.1, -0.05) is 31.1 Å². The minimum Gasteiger partial charge on any atom is -0.393 e. The largest absolute Gasteiger partial charge is 0.393 e. The lowest BCUT2D eigenvalue weighted by molar-refractivity contribution is 0.0575. The van der Waals surface area contributed by atoms with Crippen LogP contribution in [0.15, 0.2) is 0 Å². The topological polar surface area (TPSA) is 78.4 Å². The van der Waals surface area contributed by atoms with Gasteiger partial charge in [0.2, 0.25) is 5.13 Å². The zero-order valence-corrected chi connectivity index (χ0v) is 12.8. The summed E-state index contributed by atoms with van der Waals surface area (Å²) in [5, 5.41) is 22.0. The number of aliphatic hydroxyl groups excluding tert-OH is 1.